The quantitative estimate of drug-likeness (QED) is 0.334. The number of halogens is 1. The number of hydrogen-bond acceptors (Lipinski definition) is 6. The minimum absolute atomic E-state index is 0.0129. The van der Waals surface area contributed by atoms with Crippen molar-refractivity contribution >= 4 is 39.9 Å². The first kappa shape index (κ1) is 17.3. The van der Waals surface area contributed by atoms with Crippen LogP contribution in [0.25, 0.3) is 11.0 Å². The van der Waals surface area contributed by atoms with Crippen LogP contribution in [0.4, 0.5) is 0 Å². The van der Waals surface area contributed by atoms with Gasteiger partial charge >= 0.3 is 5.97 Å². The molecule has 0 bridgehead atoms. The fourth-order valence-electron chi connectivity index (χ4n) is 2.42. The van der Waals surface area contributed by atoms with Crippen LogP contribution >= 0.6 is 22.9 Å². The van der Waals surface area contributed by atoms with Crippen molar-refractivity contribution in [2.24, 2.45) is 0 Å². The second-order valence-corrected chi connectivity index (χ2v) is 6.84. The van der Waals surface area contributed by atoms with Crippen molar-refractivity contribution in [3.8, 4) is 17.2 Å². The number of carbonyl (C=O) groups is 1. The first-order valence-corrected chi connectivity index (χ1v) is 9.11. The fraction of sp³-hybridized carbons (Fsp3) is 0. The predicted octanol–water partition coefficient (Wildman–Crippen LogP) is 5.52. The largest absolute Gasteiger partial charge is 0.460 e. The molecule has 0 aliphatic rings. The van der Waals surface area contributed by atoms with Gasteiger partial charge in [-0.05, 0) is 35.7 Å². The van der Waals surface area contributed by atoms with Crippen LogP contribution in [-0.4, -0.2) is 5.97 Å². The van der Waals surface area contributed by atoms with Crippen LogP contribution in [0.2, 0.25) is 5.02 Å². The zero-order chi connectivity index (χ0) is 18.8. The molecule has 2 aromatic heterocycles. The number of rotatable bonds is 4. The Bertz CT molecular complexity index is 1180. The van der Waals surface area contributed by atoms with Gasteiger partial charge in [0.1, 0.15) is 28.2 Å². The van der Waals surface area contributed by atoms with Gasteiger partial charge in [0, 0.05) is 6.07 Å². The van der Waals surface area contributed by atoms with Gasteiger partial charge in [0.2, 0.25) is 11.2 Å². The Kier molecular flexibility index (Phi) is 4.66. The zero-order valence-corrected chi connectivity index (χ0v) is 15.3. The summed E-state index contributed by atoms with van der Waals surface area (Å²) in [5.41, 5.74) is -0.0738. The summed E-state index contributed by atoms with van der Waals surface area (Å²) in [7, 11) is 0. The molecule has 7 heteroatoms. The van der Waals surface area contributed by atoms with Gasteiger partial charge in [-0.25, -0.2) is 4.79 Å². The van der Waals surface area contributed by atoms with Gasteiger partial charge in [0.15, 0.2) is 0 Å². The standard InChI is InChI=1S/C20H11ClO5S/c21-14-4-1-2-5-15(14)26-17-11-24-16-10-12(7-8-13(16)19(17)22)25-20(23)18-6-3-9-27-18/h1-11H. The first-order valence-electron chi connectivity index (χ1n) is 7.85. The molecule has 0 aliphatic carbocycles. The second-order valence-electron chi connectivity index (χ2n) is 5.49. The number of benzene rings is 2. The van der Waals surface area contributed by atoms with Crippen LogP contribution in [0, 0.1) is 0 Å². The summed E-state index contributed by atoms with van der Waals surface area (Å²) in [5, 5.41) is 2.47. The Morgan fingerprint density at radius 1 is 1.04 bits per heavy atom. The molecule has 2 aromatic carbocycles. The lowest BCUT2D eigenvalue weighted by Gasteiger charge is -2.08. The summed E-state index contributed by atoms with van der Waals surface area (Å²) < 4.78 is 16.4. The van der Waals surface area contributed by atoms with Gasteiger partial charge in [0.05, 0.1) is 10.4 Å². The SMILES string of the molecule is O=C(Oc1ccc2c(=O)c(Oc3ccccc3Cl)coc2c1)c1cccs1. The average molecular weight is 399 g/mol. The van der Waals surface area contributed by atoms with Crippen LogP contribution in [0.15, 0.2) is 75.5 Å². The molecule has 0 fully saturated rings. The molecule has 0 spiro atoms. The van der Waals surface area contributed by atoms with E-state index in [0.717, 1.165) is 0 Å². The van der Waals surface area contributed by atoms with E-state index in [1.807, 2.05) is 0 Å². The van der Waals surface area contributed by atoms with E-state index in [1.165, 1.54) is 35.8 Å². The van der Waals surface area contributed by atoms with Gasteiger partial charge in [-0.2, -0.15) is 0 Å². The highest BCUT2D eigenvalue weighted by atomic mass is 35.5. The summed E-state index contributed by atoms with van der Waals surface area (Å²) in [4.78, 5) is 25.1. The number of hydrogen-bond donors (Lipinski definition) is 0. The van der Waals surface area contributed by atoms with Crippen LogP contribution in [0.5, 0.6) is 17.2 Å². The molecular weight excluding hydrogens is 388 g/mol. The topological polar surface area (TPSA) is 65.7 Å². The third kappa shape index (κ3) is 3.58. The first-order chi connectivity index (χ1) is 13.1. The molecule has 0 aliphatic heterocycles. The Morgan fingerprint density at radius 2 is 1.89 bits per heavy atom. The van der Waals surface area contributed by atoms with E-state index in [9.17, 15) is 9.59 Å². The van der Waals surface area contributed by atoms with Crippen molar-refractivity contribution in [3.63, 3.8) is 0 Å². The van der Waals surface area contributed by atoms with Crippen molar-refractivity contribution in [3.05, 3.63) is 86.4 Å². The Morgan fingerprint density at radius 3 is 2.67 bits per heavy atom. The summed E-state index contributed by atoms with van der Waals surface area (Å²) in [6.07, 6.45) is 1.21. The van der Waals surface area contributed by atoms with E-state index >= 15 is 0 Å². The maximum atomic E-state index is 12.6. The molecule has 27 heavy (non-hydrogen) atoms. The summed E-state index contributed by atoms with van der Waals surface area (Å²) in [6, 6.07) is 14.8. The zero-order valence-electron chi connectivity index (χ0n) is 13.7. The van der Waals surface area contributed by atoms with E-state index in [0.29, 0.717) is 21.0 Å². The normalized spacial score (nSPS) is 10.7. The molecule has 4 rings (SSSR count). The minimum Gasteiger partial charge on any atom is -0.460 e. The van der Waals surface area contributed by atoms with Gasteiger partial charge < -0.3 is 13.9 Å². The van der Waals surface area contributed by atoms with Crippen molar-refractivity contribution in [1.29, 1.82) is 0 Å². The molecule has 134 valence electrons. The van der Waals surface area contributed by atoms with E-state index in [2.05, 4.69) is 0 Å². The highest BCUT2D eigenvalue weighted by molar-refractivity contribution is 7.12. The number of fused-ring (bicyclic) bond motifs is 1. The van der Waals surface area contributed by atoms with Crippen LogP contribution < -0.4 is 14.9 Å². The lowest BCUT2D eigenvalue weighted by Crippen LogP contribution is -2.07. The summed E-state index contributed by atoms with van der Waals surface area (Å²) in [5.74, 6) is 0.181. The minimum atomic E-state index is -0.467. The third-order valence-corrected chi connectivity index (χ3v) is 4.87. The fourth-order valence-corrected chi connectivity index (χ4v) is 3.20. The predicted molar refractivity (Wildman–Crippen MR) is 103 cm³/mol. The van der Waals surface area contributed by atoms with E-state index in [1.54, 1.807) is 41.8 Å². The van der Waals surface area contributed by atoms with Gasteiger partial charge in [-0.15, -0.1) is 11.3 Å². The summed E-state index contributed by atoms with van der Waals surface area (Å²) >= 11 is 7.34. The molecule has 0 amide bonds. The molecule has 0 unspecified atom stereocenters. The molecule has 0 saturated carbocycles. The van der Waals surface area contributed by atoms with Crippen molar-refractivity contribution in [2.75, 3.05) is 0 Å². The number of ether oxygens (including phenoxy) is 2. The third-order valence-electron chi connectivity index (χ3n) is 3.70. The smallest absolute Gasteiger partial charge is 0.353 e. The monoisotopic (exact) mass is 398 g/mol. The van der Waals surface area contributed by atoms with E-state index in [4.69, 9.17) is 25.5 Å². The number of esters is 1. The molecule has 2 heterocycles. The highest BCUT2D eigenvalue weighted by Crippen LogP contribution is 2.29. The van der Waals surface area contributed by atoms with E-state index < -0.39 is 5.97 Å². The Hall–Kier alpha value is -3.09. The maximum Gasteiger partial charge on any atom is 0.353 e. The van der Waals surface area contributed by atoms with Crippen LogP contribution in [0.3, 0.4) is 0 Å². The summed E-state index contributed by atoms with van der Waals surface area (Å²) in [6.45, 7) is 0. The number of para-hydroxylation sites is 1. The van der Waals surface area contributed by atoms with Gasteiger partial charge in [-0.3, -0.25) is 4.79 Å². The lowest BCUT2D eigenvalue weighted by molar-refractivity contribution is 0.0740. The molecule has 0 atom stereocenters. The van der Waals surface area contributed by atoms with Crippen LogP contribution in [-0.2, 0) is 0 Å². The van der Waals surface area contributed by atoms with Crippen molar-refractivity contribution in [1.82, 2.24) is 0 Å². The number of carbonyl (C=O) groups excluding carboxylic acids is 1. The van der Waals surface area contributed by atoms with Gasteiger partial charge in [0.25, 0.3) is 0 Å². The number of thiophene rings is 1. The molecule has 5 nitrogen and oxygen atoms in total. The molecule has 0 radical (unpaired) electrons. The molecule has 0 saturated heterocycles. The lowest BCUT2D eigenvalue weighted by atomic mass is 10.2. The molecular formula is C20H11ClO5S. The Labute approximate surface area is 162 Å². The highest BCUT2D eigenvalue weighted by Gasteiger charge is 2.14. The Balaban J connectivity index is 1.63. The van der Waals surface area contributed by atoms with Crippen molar-refractivity contribution in [2.45, 2.75) is 0 Å². The molecule has 4 aromatic rings. The maximum absolute atomic E-state index is 12.6. The molecule has 0 N–H and O–H groups in total. The average Bonchev–Trinajstić information content (AvgIpc) is 3.21. The van der Waals surface area contributed by atoms with Gasteiger partial charge in [-0.1, -0.05) is 29.8 Å². The van der Waals surface area contributed by atoms with E-state index in [-0.39, 0.29) is 22.5 Å². The van der Waals surface area contributed by atoms with Crippen LogP contribution in [0.1, 0.15) is 9.67 Å². The second kappa shape index (κ2) is 7.26. The van der Waals surface area contributed by atoms with Crippen molar-refractivity contribution < 1.29 is 18.7 Å².